The van der Waals surface area contributed by atoms with E-state index in [1.807, 2.05) is 0 Å². The number of nitrogens with zero attached hydrogens (tertiary/aromatic N) is 3. The van der Waals surface area contributed by atoms with Crippen molar-refractivity contribution in [3.63, 3.8) is 0 Å². The van der Waals surface area contributed by atoms with Gasteiger partial charge in [-0.05, 0) is 42.0 Å². The molecule has 1 unspecified atom stereocenters. The number of amides is 1. The number of carbonyl (C=O) groups is 2. The molecule has 4 rings (SSSR count). The van der Waals surface area contributed by atoms with Gasteiger partial charge in [0, 0.05) is 30.1 Å². The number of likely N-dealkylation sites (tertiary alicyclic amines) is 1. The largest absolute Gasteiger partial charge is 0.507 e. The summed E-state index contributed by atoms with van der Waals surface area (Å²) in [5, 5.41) is 21.8. The fourth-order valence-electron chi connectivity index (χ4n) is 3.40. The topological polar surface area (TPSA) is 127 Å². The van der Waals surface area contributed by atoms with Gasteiger partial charge in [0.2, 0.25) is 0 Å². The number of rotatable bonds is 5. The smallest absolute Gasteiger partial charge is 0.296 e. The van der Waals surface area contributed by atoms with Gasteiger partial charge in [-0.25, -0.2) is 0 Å². The Kier molecular flexibility index (Phi) is 4.85. The number of non-ortho nitro benzene ring substituents is 1. The number of aromatic nitrogens is 1. The van der Waals surface area contributed by atoms with Gasteiger partial charge in [0.25, 0.3) is 17.4 Å². The minimum atomic E-state index is -0.941. The highest BCUT2D eigenvalue weighted by atomic mass is 16.6. The number of ketones is 1. The summed E-state index contributed by atoms with van der Waals surface area (Å²) in [5.74, 6) is -1.54. The zero-order valence-corrected chi connectivity index (χ0v) is 15.5. The molecule has 1 saturated heterocycles. The van der Waals surface area contributed by atoms with Gasteiger partial charge in [-0.15, -0.1) is 0 Å². The molecular weight excluding hydrogens is 390 g/mol. The first kappa shape index (κ1) is 19.1. The zero-order valence-electron chi connectivity index (χ0n) is 15.5. The average Bonchev–Trinajstić information content (AvgIpc) is 3.36. The van der Waals surface area contributed by atoms with Crippen LogP contribution in [0, 0.1) is 10.1 Å². The summed E-state index contributed by atoms with van der Waals surface area (Å²) in [6.07, 6.45) is 4.35. The minimum absolute atomic E-state index is 0.00759. The highest BCUT2D eigenvalue weighted by Gasteiger charge is 2.46. The average molecular weight is 405 g/mol. The van der Waals surface area contributed by atoms with E-state index in [1.165, 1.54) is 60.0 Å². The number of furan rings is 1. The van der Waals surface area contributed by atoms with Gasteiger partial charge in [0.1, 0.15) is 11.5 Å². The molecule has 0 saturated carbocycles. The molecule has 150 valence electrons. The SMILES string of the molecule is O=C1C(=O)N(Cc2ccco2)C(c2ccc([N+](=O)[O-])cc2)/C1=C(\O)c1ccncc1. The molecule has 30 heavy (non-hydrogen) atoms. The fourth-order valence-corrected chi connectivity index (χ4v) is 3.40. The first-order valence-corrected chi connectivity index (χ1v) is 8.93. The van der Waals surface area contributed by atoms with Crippen LogP contribution in [0.25, 0.3) is 5.76 Å². The second-order valence-electron chi connectivity index (χ2n) is 6.59. The third kappa shape index (κ3) is 3.32. The maximum absolute atomic E-state index is 12.9. The van der Waals surface area contributed by atoms with Crippen LogP contribution in [0.1, 0.15) is 22.9 Å². The van der Waals surface area contributed by atoms with E-state index in [1.54, 1.807) is 12.1 Å². The molecule has 1 aliphatic heterocycles. The number of nitro benzene ring substituents is 1. The van der Waals surface area contributed by atoms with Crippen LogP contribution in [-0.2, 0) is 16.1 Å². The molecular formula is C21H15N3O6. The Labute approximate surface area is 170 Å². The maximum atomic E-state index is 12.9. The number of aliphatic hydroxyl groups excluding tert-OH is 1. The second-order valence-corrected chi connectivity index (χ2v) is 6.59. The lowest BCUT2D eigenvalue weighted by Gasteiger charge is -2.24. The standard InChI is InChI=1S/C21H15N3O6/c25-19(14-7-9-22-10-8-14)17-18(13-3-5-15(6-4-13)24(28)29)23(21(27)20(17)26)12-16-2-1-11-30-16/h1-11,18,25H,12H2/b19-17+. The van der Waals surface area contributed by atoms with E-state index in [4.69, 9.17) is 4.42 Å². The summed E-state index contributed by atoms with van der Waals surface area (Å²) in [6, 6.07) is 10.9. The molecule has 9 heteroatoms. The molecule has 0 bridgehead atoms. The van der Waals surface area contributed by atoms with E-state index in [0.717, 1.165) is 0 Å². The lowest BCUT2D eigenvalue weighted by Crippen LogP contribution is -2.29. The van der Waals surface area contributed by atoms with Crippen LogP contribution in [-0.4, -0.2) is 31.6 Å². The van der Waals surface area contributed by atoms with Crippen LogP contribution in [0.5, 0.6) is 0 Å². The second kappa shape index (κ2) is 7.63. The lowest BCUT2D eigenvalue weighted by atomic mass is 9.95. The summed E-state index contributed by atoms with van der Waals surface area (Å²) in [4.78, 5) is 41.3. The summed E-state index contributed by atoms with van der Waals surface area (Å²) in [7, 11) is 0. The summed E-state index contributed by atoms with van der Waals surface area (Å²) >= 11 is 0. The molecule has 1 fully saturated rings. The van der Waals surface area contributed by atoms with E-state index in [2.05, 4.69) is 4.98 Å². The molecule has 0 aliphatic carbocycles. The van der Waals surface area contributed by atoms with Crippen LogP contribution in [0.15, 0.2) is 77.2 Å². The Morgan fingerprint density at radius 3 is 2.43 bits per heavy atom. The van der Waals surface area contributed by atoms with Gasteiger partial charge in [-0.2, -0.15) is 0 Å². The van der Waals surface area contributed by atoms with E-state index in [-0.39, 0.29) is 23.6 Å². The highest BCUT2D eigenvalue weighted by Crippen LogP contribution is 2.40. The first-order chi connectivity index (χ1) is 14.5. The Bertz CT molecular complexity index is 1140. The predicted octanol–water partition coefficient (Wildman–Crippen LogP) is 3.20. The van der Waals surface area contributed by atoms with E-state index in [0.29, 0.717) is 16.9 Å². The van der Waals surface area contributed by atoms with E-state index in [9.17, 15) is 24.8 Å². The number of aliphatic hydroxyl groups is 1. The maximum Gasteiger partial charge on any atom is 0.296 e. The van der Waals surface area contributed by atoms with Crippen LogP contribution in [0.4, 0.5) is 5.69 Å². The third-order valence-corrected chi connectivity index (χ3v) is 4.82. The van der Waals surface area contributed by atoms with Gasteiger partial charge in [-0.1, -0.05) is 0 Å². The van der Waals surface area contributed by atoms with Crippen LogP contribution < -0.4 is 0 Å². The third-order valence-electron chi connectivity index (χ3n) is 4.82. The van der Waals surface area contributed by atoms with Crippen molar-refractivity contribution < 1.29 is 24.0 Å². The van der Waals surface area contributed by atoms with Gasteiger partial charge < -0.3 is 14.4 Å². The molecule has 2 aromatic heterocycles. The van der Waals surface area contributed by atoms with Crippen LogP contribution >= 0.6 is 0 Å². The summed E-state index contributed by atoms with van der Waals surface area (Å²) in [6.45, 7) is -0.00759. The fraction of sp³-hybridized carbons (Fsp3) is 0.0952. The Balaban J connectivity index is 1.85. The minimum Gasteiger partial charge on any atom is -0.507 e. The van der Waals surface area contributed by atoms with Crippen molar-refractivity contribution in [1.82, 2.24) is 9.88 Å². The number of hydrogen-bond donors (Lipinski definition) is 1. The predicted molar refractivity (Wildman–Crippen MR) is 104 cm³/mol. The Morgan fingerprint density at radius 2 is 1.83 bits per heavy atom. The van der Waals surface area contributed by atoms with Crippen molar-refractivity contribution >= 4 is 23.1 Å². The Morgan fingerprint density at radius 1 is 1.13 bits per heavy atom. The number of carbonyl (C=O) groups excluding carboxylic acids is 2. The van der Waals surface area contributed by atoms with Gasteiger partial charge in [0.05, 0.1) is 29.3 Å². The number of hydrogen-bond acceptors (Lipinski definition) is 7. The number of Topliss-reactive ketones (excluding diaryl/α,β-unsaturated/α-hetero) is 1. The van der Waals surface area contributed by atoms with Crippen molar-refractivity contribution in [2.45, 2.75) is 12.6 Å². The number of benzene rings is 1. The highest BCUT2D eigenvalue weighted by molar-refractivity contribution is 6.46. The molecule has 3 heterocycles. The van der Waals surface area contributed by atoms with Crippen LogP contribution in [0.2, 0.25) is 0 Å². The Hall–Kier alpha value is -4.27. The molecule has 9 nitrogen and oxygen atoms in total. The van der Waals surface area contributed by atoms with Gasteiger partial charge >= 0.3 is 0 Å². The molecule has 1 N–H and O–H groups in total. The van der Waals surface area contributed by atoms with Crippen molar-refractivity contribution in [1.29, 1.82) is 0 Å². The molecule has 1 amide bonds. The number of nitro groups is 1. The zero-order chi connectivity index (χ0) is 21.3. The van der Waals surface area contributed by atoms with Crippen molar-refractivity contribution in [3.05, 3.63) is 99.8 Å². The first-order valence-electron chi connectivity index (χ1n) is 8.93. The van der Waals surface area contributed by atoms with E-state index >= 15 is 0 Å². The van der Waals surface area contributed by atoms with Crippen LogP contribution in [0.3, 0.4) is 0 Å². The van der Waals surface area contributed by atoms with Gasteiger partial charge in [0.15, 0.2) is 0 Å². The summed E-state index contributed by atoms with van der Waals surface area (Å²) in [5.41, 5.74) is 0.539. The van der Waals surface area contributed by atoms with E-state index < -0.39 is 22.7 Å². The molecule has 1 aromatic carbocycles. The molecule has 3 aromatic rings. The number of pyridine rings is 1. The lowest BCUT2D eigenvalue weighted by molar-refractivity contribution is -0.384. The molecule has 1 atom stereocenters. The summed E-state index contributed by atoms with van der Waals surface area (Å²) < 4.78 is 5.31. The molecule has 0 radical (unpaired) electrons. The van der Waals surface area contributed by atoms with Crippen molar-refractivity contribution in [2.75, 3.05) is 0 Å². The van der Waals surface area contributed by atoms with Crippen molar-refractivity contribution in [3.8, 4) is 0 Å². The molecule has 0 spiro atoms. The van der Waals surface area contributed by atoms with Gasteiger partial charge in [-0.3, -0.25) is 24.7 Å². The van der Waals surface area contributed by atoms with Crippen molar-refractivity contribution in [2.24, 2.45) is 0 Å². The quantitative estimate of drug-likeness (QED) is 0.227. The normalized spacial score (nSPS) is 18.0. The monoisotopic (exact) mass is 405 g/mol. The molecule has 1 aliphatic rings.